The Labute approximate surface area is 757 Å². The summed E-state index contributed by atoms with van der Waals surface area (Å²) in [5, 5.41) is 54.9. The highest BCUT2D eigenvalue weighted by Crippen LogP contribution is 2.52. The number of rotatable bonds is 23. The number of ketones is 1. The molecule has 40 heteroatoms. The van der Waals surface area contributed by atoms with Gasteiger partial charge in [-0.1, -0.05) is 228 Å². The van der Waals surface area contributed by atoms with Crippen molar-refractivity contribution < 1.29 is 119 Å². The van der Waals surface area contributed by atoms with Gasteiger partial charge in [0.2, 0.25) is 0 Å². The summed E-state index contributed by atoms with van der Waals surface area (Å²) in [4.78, 5) is 43.5. The molecule has 0 saturated carbocycles. The van der Waals surface area contributed by atoms with Crippen LogP contribution in [0.5, 0.6) is 0 Å². The van der Waals surface area contributed by atoms with Crippen LogP contribution in [-0.4, -0.2) is 140 Å². The second-order valence-electron chi connectivity index (χ2n) is 30.2. The van der Waals surface area contributed by atoms with Crippen LogP contribution in [0.15, 0.2) is 247 Å². The second kappa shape index (κ2) is 47.1. The molecule has 0 saturated heterocycles. The number of nitrogen functional groups attached to an aromatic ring is 2. The topological polar surface area (TPSA) is 355 Å². The molecule has 0 aliphatic carbocycles. The van der Waals surface area contributed by atoms with Gasteiger partial charge in [-0.3, -0.25) is 25.0 Å². The number of aliphatic hydroxyl groups excluding tert-OH is 5. The van der Waals surface area contributed by atoms with Gasteiger partial charge in [-0.2, -0.15) is 79.0 Å². The number of nitrogens with zero attached hydrogens (tertiary/aromatic N) is 2. The number of carbonyl (C=O) groups is 3. The monoisotopic (exact) mass is 1910 g/mol. The molecule has 0 fully saturated rings. The zero-order valence-electron chi connectivity index (χ0n) is 70.8. The average molecular weight is 1910 g/mol. The van der Waals surface area contributed by atoms with Crippen LogP contribution in [0.1, 0.15) is 133 Å². The van der Waals surface area contributed by atoms with Gasteiger partial charge >= 0.3 is 37.1 Å². The van der Waals surface area contributed by atoms with E-state index in [0.717, 1.165) is 29.1 Å². The van der Waals surface area contributed by atoms with E-state index >= 15 is 0 Å². The number of nitrogens with two attached hydrogens (primary N) is 5. The van der Waals surface area contributed by atoms with E-state index in [1.165, 1.54) is 134 Å². The molecule has 2 heterocycles. The number of aryl methyl sites for hydroxylation is 3. The Morgan fingerprint density at radius 1 is 0.443 bits per heavy atom. The number of alkyl halides is 18. The van der Waals surface area contributed by atoms with E-state index in [1.54, 1.807) is 130 Å². The summed E-state index contributed by atoms with van der Waals surface area (Å²) in [5.41, 5.74) is 16.2. The van der Waals surface area contributed by atoms with Crippen LogP contribution in [0, 0.1) is 20.8 Å². The first-order valence-corrected chi connectivity index (χ1v) is 42.2. The SMILES string of the molecule is CC(=O)Cc1cccc(C(CCO)(NC(CO)c2ccccc2)C(F)(F)F)c1.Cc1cccc(C(CCO)(NC(=S)NC(=O)c2ccccc2)C(F)(F)F)c1.Cc1cccc(C(N)(CCO)C(F)(F)F)c1.Cc1cccc(C2(C(F)(F)F)CCSC(NC(=O)c3ccccc3)=N2)c1.NC1=NC(c2cccc(N)c2)(C(F)(F)F)CCS1.Nc1cccc(C(N)(CCO)C(F)(F)F)c1. The van der Waals surface area contributed by atoms with E-state index in [2.05, 4.69) is 31.3 Å². The van der Waals surface area contributed by atoms with E-state index in [4.69, 9.17) is 51.1 Å². The van der Waals surface area contributed by atoms with Crippen molar-refractivity contribution in [2.45, 2.75) is 149 Å². The standard InChI is InChI=1S/C21H24F3NO3.C19H19F3N2O2S.C19H17F3N2OS.C11H12F3N3S.C11H14F3NO.C10H13F3N2O/c1-15(28)12-16-6-5-9-18(13-16)20(10-11-26,21(22,23)24)25-19(14-27)17-7-3-2-4-8-17;1-13-6-5-9-15(12-13)18(10-11-25,19(20,21)22)24-17(27)23-16(26)14-7-3-2-4-8-14;1-13-6-5-9-15(12-13)18(19(20,21)22)10-11-26-17(24-18)23-16(25)14-7-3-2-4-8-14;12-11(13,14)10(4-5-18-9(16)17-10)7-2-1-3-8(15)6-7;1-8-3-2-4-9(7-8)10(15,5-6-16)11(12,13)14;11-10(12,13)9(15,4-5-16)7-2-1-3-8(14)6-7/h2-9,13,19,25-27H,10-12,14H2,1H3;2-9,12,25H,10-11H2,1H3,(H2,23,24,26,27);2-9,12H,10-11H2,1H3,(H,23,24,25);1-3,6H,4-5,15H2,(H2,16,17);2-4,7,16H,5-6,15H2,1H3;1-3,6,16H,4-5,14-15H2. The number of amides is 2. The van der Waals surface area contributed by atoms with Crippen LogP contribution < -0.4 is 49.9 Å². The molecule has 131 heavy (non-hydrogen) atoms. The van der Waals surface area contributed by atoms with Gasteiger partial charge in [0.25, 0.3) is 11.8 Å². The van der Waals surface area contributed by atoms with Crippen LogP contribution in [0.2, 0.25) is 0 Å². The van der Waals surface area contributed by atoms with Gasteiger partial charge in [-0.25, -0.2) is 9.98 Å². The molecule has 2 aliphatic rings. The first kappa shape index (κ1) is 109. The van der Waals surface area contributed by atoms with Crippen molar-refractivity contribution in [2.75, 3.05) is 56.0 Å². The van der Waals surface area contributed by atoms with Gasteiger partial charge in [-0.15, -0.1) is 0 Å². The number of carbonyl (C=O) groups excluding carboxylic acids is 3. The van der Waals surface area contributed by atoms with Gasteiger partial charge < -0.3 is 64.8 Å². The predicted molar refractivity (Wildman–Crippen MR) is 474 cm³/mol. The molecule has 2 amide bonds. The number of benzene rings is 9. The molecule has 0 aromatic heterocycles. The Kier molecular flexibility index (Phi) is 39.2. The fraction of sp³-hybridized carbons (Fsp3) is 0.341. The first-order chi connectivity index (χ1) is 61.2. The van der Waals surface area contributed by atoms with E-state index in [1.807, 2.05) is 0 Å². The van der Waals surface area contributed by atoms with Crippen molar-refractivity contribution in [1.82, 2.24) is 21.3 Å². The van der Waals surface area contributed by atoms with Crippen LogP contribution >= 0.6 is 35.7 Å². The molecule has 710 valence electrons. The summed E-state index contributed by atoms with van der Waals surface area (Å²) < 4.78 is 244. The van der Waals surface area contributed by atoms with Crippen molar-refractivity contribution in [3.63, 3.8) is 0 Å². The normalized spacial score (nSPS) is 17.3. The number of halogens is 18. The summed E-state index contributed by atoms with van der Waals surface area (Å²) in [5.74, 6) is -0.774. The number of thioether (sulfide) groups is 2. The van der Waals surface area contributed by atoms with Crippen molar-refractivity contribution in [3.8, 4) is 0 Å². The van der Waals surface area contributed by atoms with E-state index in [0.29, 0.717) is 27.8 Å². The van der Waals surface area contributed by atoms with E-state index in [-0.39, 0.29) is 97.2 Å². The molecular weight excluding hydrogens is 1810 g/mol. The Morgan fingerprint density at radius 3 is 1.27 bits per heavy atom. The fourth-order valence-corrected chi connectivity index (χ4v) is 15.9. The number of amidine groups is 2. The number of nitrogens with one attached hydrogen (secondary N) is 4. The fourth-order valence-electron chi connectivity index (χ4n) is 13.8. The van der Waals surface area contributed by atoms with Crippen LogP contribution in [-0.2, 0) is 44.4 Å². The second-order valence-corrected chi connectivity index (χ2v) is 32.8. The first-order valence-electron chi connectivity index (χ1n) is 39.8. The van der Waals surface area contributed by atoms with Crippen molar-refractivity contribution in [1.29, 1.82) is 0 Å². The molecule has 19 N–H and O–H groups in total. The number of anilines is 2. The third-order valence-electron chi connectivity index (χ3n) is 20.7. The summed E-state index contributed by atoms with van der Waals surface area (Å²) in [6.45, 7) is 3.22. The molecule has 0 radical (unpaired) electrons. The zero-order valence-corrected chi connectivity index (χ0v) is 73.2. The predicted octanol–water partition coefficient (Wildman–Crippen LogP) is 17.3. The minimum Gasteiger partial charge on any atom is -0.399 e. The van der Waals surface area contributed by atoms with Crippen molar-refractivity contribution in [3.05, 3.63) is 309 Å². The maximum atomic E-state index is 14.3. The quantitative estimate of drug-likeness (QED) is 0.0161. The summed E-state index contributed by atoms with van der Waals surface area (Å²) in [7, 11) is 0. The zero-order chi connectivity index (χ0) is 97.8. The number of aliphatic hydroxyl groups is 5. The third kappa shape index (κ3) is 28.7. The number of aliphatic imine (C=N–C) groups is 2. The van der Waals surface area contributed by atoms with Crippen molar-refractivity contribution >= 4 is 80.2 Å². The number of thiocarbonyl (C=S) groups is 1. The lowest BCUT2D eigenvalue weighted by Crippen LogP contribution is -2.59. The minimum atomic E-state index is -4.77. The maximum absolute atomic E-state index is 14.3. The average Bonchev–Trinajstić information content (AvgIpc) is 0.953. The Morgan fingerprint density at radius 2 is 0.840 bits per heavy atom. The summed E-state index contributed by atoms with van der Waals surface area (Å²) >= 11 is 7.22. The lowest BCUT2D eigenvalue weighted by atomic mass is 9.83. The highest BCUT2D eigenvalue weighted by molar-refractivity contribution is 8.14. The molecule has 7 atom stereocenters. The number of Topliss-reactive ketones (excluding diaryl/α,β-unsaturated/α-hetero) is 1. The van der Waals surface area contributed by atoms with Crippen molar-refractivity contribution in [2.24, 2.45) is 27.2 Å². The third-order valence-corrected chi connectivity index (χ3v) is 22.6. The number of hydrogen-bond donors (Lipinski definition) is 14. The largest absolute Gasteiger partial charge is 0.417 e. The van der Waals surface area contributed by atoms with Gasteiger partial charge in [0.1, 0.15) is 22.4 Å². The molecule has 19 nitrogen and oxygen atoms in total. The smallest absolute Gasteiger partial charge is 0.399 e. The Bertz CT molecular complexity index is 5210. The van der Waals surface area contributed by atoms with Gasteiger partial charge in [0, 0.05) is 92.5 Å². The summed E-state index contributed by atoms with van der Waals surface area (Å²) in [6, 6.07) is 58.5. The molecule has 0 bridgehead atoms. The number of hydrogen-bond acceptors (Lipinski definition) is 19. The molecule has 2 aliphatic heterocycles. The highest BCUT2D eigenvalue weighted by Gasteiger charge is 2.61. The van der Waals surface area contributed by atoms with Gasteiger partial charge in [0.15, 0.2) is 32.1 Å². The minimum absolute atomic E-state index is 0.0102. The van der Waals surface area contributed by atoms with Gasteiger partial charge in [-0.05, 0) is 146 Å². The molecule has 11 rings (SSSR count). The molecule has 7 unspecified atom stereocenters. The molecule has 0 spiro atoms. The molecule has 9 aromatic carbocycles. The Balaban J connectivity index is 0.000000246. The highest BCUT2D eigenvalue weighted by atomic mass is 32.2. The van der Waals surface area contributed by atoms with Crippen LogP contribution in [0.4, 0.5) is 90.4 Å². The molecule has 9 aromatic rings. The lowest BCUT2D eigenvalue weighted by Gasteiger charge is -2.40. The lowest BCUT2D eigenvalue weighted by molar-refractivity contribution is -0.209. The van der Waals surface area contributed by atoms with E-state index in [9.17, 15) is 109 Å². The van der Waals surface area contributed by atoms with Crippen LogP contribution in [0.3, 0.4) is 0 Å². The van der Waals surface area contributed by atoms with Crippen LogP contribution in [0.25, 0.3) is 0 Å². The summed E-state index contributed by atoms with van der Waals surface area (Å²) in [6.07, 6.45) is -30.5. The molecular formula is C91H99F18N11O8S3. The van der Waals surface area contributed by atoms with Gasteiger partial charge in [0.05, 0.1) is 12.6 Å². The Hall–Kier alpha value is -10.7. The van der Waals surface area contributed by atoms with E-state index < -0.39 is 152 Å². The maximum Gasteiger partial charge on any atom is 0.417 e.